The Morgan fingerprint density at radius 3 is 2.42 bits per heavy atom. The molecule has 15 heteroatoms. The maximum Gasteiger partial charge on any atom is 0.470 e. The monoisotopic (exact) mass is 633 g/mol. The van der Waals surface area contributed by atoms with Crippen LogP contribution in [-0.2, 0) is 18.6 Å². The van der Waals surface area contributed by atoms with Crippen molar-refractivity contribution in [2.45, 2.75) is 44.3 Å². The maximum atomic E-state index is 13.2. The number of aliphatic hydroxyl groups excluding tert-OH is 1. The van der Waals surface area contributed by atoms with Crippen molar-refractivity contribution in [3.05, 3.63) is 83.7 Å². The molecule has 1 saturated heterocycles. The van der Waals surface area contributed by atoms with E-state index in [9.17, 15) is 24.3 Å². The van der Waals surface area contributed by atoms with Crippen molar-refractivity contribution in [3.63, 3.8) is 0 Å². The van der Waals surface area contributed by atoms with Crippen LogP contribution >= 0.6 is 7.82 Å². The molecule has 3 heterocycles. The molecular formula is C30H32N7O7P. The number of phosphoric ester groups is 1. The van der Waals surface area contributed by atoms with Crippen LogP contribution in [0.5, 0.6) is 0 Å². The van der Waals surface area contributed by atoms with Crippen molar-refractivity contribution < 1.29 is 33.5 Å². The van der Waals surface area contributed by atoms with Crippen LogP contribution in [0, 0.1) is 6.57 Å². The molecule has 0 bridgehead atoms. The molecule has 2 aromatic heterocycles. The van der Waals surface area contributed by atoms with Gasteiger partial charge in [0.25, 0.3) is 0 Å². The highest BCUT2D eigenvalue weighted by Gasteiger charge is 2.51. The second-order valence-corrected chi connectivity index (χ2v) is 11.6. The third kappa shape index (κ3) is 7.43. The van der Waals surface area contributed by atoms with Gasteiger partial charge in [-0.2, -0.15) is 0 Å². The standard InChI is InChI=1S/C30H32N7O7P/c1-3-36(22-14-10-20(11-15-22)7-6-19-8-12-21(32-2)13-9-19)16-4-5-23(38)26-25(39)27(44-45(40,41)42)30(43-26)37-18-35-24-28(31)33-17-34-29(24)37/h6-15,17-18,25-27,30,39H,3-5,16H2,1H3,(H2,31,33,34)(H2,40,41,42)/b7-6+/t25-,26-,27-,30-/m1/s1. The summed E-state index contributed by atoms with van der Waals surface area (Å²) < 4.78 is 23.8. The van der Waals surface area contributed by atoms with Crippen molar-refractivity contribution in [2.24, 2.45) is 0 Å². The number of rotatable bonds is 12. The first-order valence-electron chi connectivity index (χ1n) is 14.1. The highest BCUT2D eigenvalue weighted by molar-refractivity contribution is 7.46. The number of hydrogen-bond acceptors (Lipinski definition) is 10. The van der Waals surface area contributed by atoms with Gasteiger partial charge in [-0.3, -0.25) is 13.9 Å². The fourth-order valence-corrected chi connectivity index (χ4v) is 5.72. The van der Waals surface area contributed by atoms with E-state index in [1.165, 1.54) is 17.2 Å². The summed E-state index contributed by atoms with van der Waals surface area (Å²) in [6.07, 6.45) is 0.920. The Hall–Kier alpha value is -4.48. The van der Waals surface area contributed by atoms with Gasteiger partial charge in [-0.05, 0) is 36.6 Å². The van der Waals surface area contributed by atoms with E-state index in [1.54, 1.807) is 12.1 Å². The molecule has 5 N–H and O–H groups in total. The van der Waals surface area contributed by atoms with E-state index in [4.69, 9.17) is 21.6 Å². The van der Waals surface area contributed by atoms with Crippen molar-refractivity contribution in [1.82, 2.24) is 19.5 Å². The molecule has 14 nitrogen and oxygen atoms in total. The van der Waals surface area contributed by atoms with E-state index in [-0.39, 0.29) is 23.4 Å². The largest absolute Gasteiger partial charge is 0.470 e. The molecule has 2 aromatic carbocycles. The number of carbonyl (C=O) groups is 1. The minimum absolute atomic E-state index is 0.0421. The van der Waals surface area contributed by atoms with Crippen LogP contribution in [0.1, 0.15) is 37.1 Å². The molecule has 0 radical (unpaired) electrons. The third-order valence-corrected chi connectivity index (χ3v) is 7.95. The molecule has 5 rings (SSSR count). The molecule has 4 atom stereocenters. The number of nitrogen functional groups attached to an aromatic ring is 1. The van der Waals surface area contributed by atoms with Crippen LogP contribution < -0.4 is 10.6 Å². The van der Waals surface area contributed by atoms with E-state index in [2.05, 4.69) is 24.7 Å². The minimum Gasteiger partial charge on any atom is -0.387 e. The number of hydrogen-bond donors (Lipinski definition) is 4. The number of ether oxygens (including phenoxy) is 1. The maximum absolute atomic E-state index is 13.2. The van der Waals surface area contributed by atoms with Crippen molar-refractivity contribution in [3.8, 4) is 0 Å². The first-order valence-corrected chi connectivity index (χ1v) is 15.6. The second-order valence-electron chi connectivity index (χ2n) is 10.4. The molecule has 0 spiro atoms. The molecule has 4 aromatic rings. The molecule has 234 valence electrons. The molecule has 0 amide bonds. The lowest BCUT2D eigenvalue weighted by molar-refractivity contribution is -0.135. The summed E-state index contributed by atoms with van der Waals surface area (Å²) in [6.45, 7) is 10.3. The highest BCUT2D eigenvalue weighted by Crippen LogP contribution is 2.45. The number of anilines is 2. The number of benzene rings is 2. The average Bonchev–Trinajstić information content (AvgIpc) is 3.59. The van der Waals surface area contributed by atoms with Crippen molar-refractivity contribution in [1.29, 1.82) is 0 Å². The smallest absolute Gasteiger partial charge is 0.387 e. The Morgan fingerprint density at radius 2 is 1.80 bits per heavy atom. The van der Waals surface area contributed by atoms with Gasteiger partial charge >= 0.3 is 7.82 Å². The molecule has 0 aliphatic carbocycles. The summed E-state index contributed by atoms with van der Waals surface area (Å²) in [5.41, 5.74) is 9.82. The summed E-state index contributed by atoms with van der Waals surface area (Å²) in [7, 11) is -5.08. The van der Waals surface area contributed by atoms with Gasteiger partial charge < -0.3 is 30.3 Å². The number of aliphatic hydroxyl groups is 1. The van der Waals surface area contributed by atoms with E-state index < -0.39 is 38.1 Å². The predicted octanol–water partition coefficient (Wildman–Crippen LogP) is 3.74. The fourth-order valence-electron chi connectivity index (χ4n) is 5.17. The normalized spacial score (nSPS) is 20.1. The van der Waals surface area contributed by atoms with Gasteiger partial charge in [-0.25, -0.2) is 24.4 Å². The highest BCUT2D eigenvalue weighted by atomic mass is 31.2. The predicted molar refractivity (Wildman–Crippen MR) is 167 cm³/mol. The fraction of sp³-hybridized carbons (Fsp3) is 0.300. The summed E-state index contributed by atoms with van der Waals surface area (Å²) in [6, 6.07) is 15.3. The quantitative estimate of drug-likeness (QED) is 0.101. The van der Waals surface area contributed by atoms with Gasteiger partial charge in [-0.15, -0.1) is 0 Å². The Balaban J connectivity index is 1.21. The number of Topliss-reactive ketones (excluding diaryl/α,β-unsaturated/α-hetero) is 1. The second kappa shape index (κ2) is 13.7. The van der Waals surface area contributed by atoms with Gasteiger partial charge in [0.1, 0.15) is 30.2 Å². The Labute approximate surface area is 258 Å². The van der Waals surface area contributed by atoms with Gasteiger partial charge in [0.05, 0.1) is 12.9 Å². The topological polar surface area (TPSA) is 191 Å². The van der Waals surface area contributed by atoms with Gasteiger partial charge in [0.15, 0.2) is 29.2 Å². The molecule has 0 unspecified atom stereocenters. The lowest BCUT2D eigenvalue weighted by Crippen LogP contribution is -2.37. The molecule has 1 aliphatic rings. The lowest BCUT2D eigenvalue weighted by Gasteiger charge is -2.23. The number of nitrogens with zero attached hydrogens (tertiary/aromatic N) is 6. The van der Waals surface area contributed by atoms with E-state index in [0.717, 1.165) is 16.8 Å². The van der Waals surface area contributed by atoms with E-state index in [0.29, 0.717) is 25.2 Å². The molecule has 45 heavy (non-hydrogen) atoms. The number of imidazole rings is 1. The average molecular weight is 634 g/mol. The first kappa shape index (κ1) is 31.9. The molecule has 1 fully saturated rings. The zero-order valence-corrected chi connectivity index (χ0v) is 25.1. The summed E-state index contributed by atoms with van der Waals surface area (Å²) in [4.78, 5) is 49.8. The third-order valence-electron chi connectivity index (χ3n) is 7.43. The summed E-state index contributed by atoms with van der Waals surface area (Å²) in [5, 5.41) is 10.9. The van der Waals surface area contributed by atoms with Crippen molar-refractivity contribution in [2.75, 3.05) is 23.7 Å². The summed E-state index contributed by atoms with van der Waals surface area (Å²) in [5.74, 6) is -0.364. The lowest BCUT2D eigenvalue weighted by atomic mass is 10.0. The van der Waals surface area contributed by atoms with Crippen LogP contribution in [0.25, 0.3) is 28.2 Å². The number of nitrogens with two attached hydrogens (primary N) is 1. The van der Waals surface area contributed by atoms with Crippen LogP contribution in [0.4, 0.5) is 17.2 Å². The van der Waals surface area contributed by atoms with Crippen LogP contribution in [-0.4, -0.2) is 71.6 Å². The van der Waals surface area contributed by atoms with E-state index in [1.807, 2.05) is 55.5 Å². The summed E-state index contributed by atoms with van der Waals surface area (Å²) >= 11 is 0. The van der Waals surface area contributed by atoms with Gasteiger partial charge in [-0.1, -0.05) is 48.6 Å². The molecular weight excluding hydrogens is 601 g/mol. The minimum atomic E-state index is -5.08. The van der Waals surface area contributed by atoms with Crippen LogP contribution in [0.2, 0.25) is 0 Å². The van der Waals surface area contributed by atoms with E-state index >= 15 is 0 Å². The Bertz CT molecular complexity index is 1770. The number of carbonyl (C=O) groups excluding carboxylic acids is 1. The number of aromatic nitrogens is 4. The van der Waals surface area contributed by atoms with Gasteiger partial charge in [0, 0.05) is 25.2 Å². The number of phosphoric acid groups is 1. The van der Waals surface area contributed by atoms with Gasteiger partial charge in [0.2, 0.25) is 0 Å². The SMILES string of the molecule is [C-]#[N+]c1ccc(/C=C/c2ccc(N(CC)CCCC(=O)[C@H]3O[C@@H](n4cnc5c(N)ncnc54)[C@H](OP(=O)(O)O)[C@@H]3O)cc2)cc1. The molecule has 1 aliphatic heterocycles. The van der Waals surface area contributed by atoms with Crippen LogP contribution in [0.3, 0.4) is 0 Å². The first-order chi connectivity index (χ1) is 21.6. The zero-order chi connectivity index (χ0) is 32.1. The van der Waals surface area contributed by atoms with Crippen molar-refractivity contribution >= 4 is 54.1 Å². The van der Waals surface area contributed by atoms with Crippen LogP contribution in [0.15, 0.2) is 61.2 Å². The molecule has 0 saturated carbocycles. The number of fused-ring (bicyclic) bond motifs is 1. The zero-order valence-electron chi connectivity index (χ0n) is 24.2. The Kier molecular flexibility index (Phi) is 9.69. The Morgan fingerprint density at radius 1 is 1.13 bits per heavy atom. The number of ketones is 1.